The Balaban J connectivity index is 0.000000262. The van der Waals surface area contributed by atoms with E-state index in [1.165, 1.54) is 73.1 Å². The summed E-state index contributed by atoms with van der Waals surface area (Å²) in [5, 5.41) is 22.8. The Morgan fingerprint density at radius 1 is 0.561 bits per heavy atom. The van der Waals surface area contributed by atoms with Crippen LogP contribution in [0.5, 0.6) is 11.5 Å². The zero-order chi connectivity index (χ0) is 30.5. The molecule has 4 rings (SSSR count). The molecule has 0 spiro atoms. The van der Waals surface area contributed by atoms with E-state index >= 15 is 0 Å². The van der Waals surface area contributed by atoms with Gasteiger partial charge >= 0.3 is 32.3 Å². The van der Waals surface area contributed by atoms with Gasteiger partial charge in [-0.15, -0.1) is 11.5 Å². The van der Waals surface area contributed by atoms with E-state index in [1.54, 1.807) is 36.4 Å². The fraction of sp³-hybridized carbons (Fsp3) is 0. The standard InChI is InChI=1S/2C13H11NO4S.2O.U/c2*15-13-4-2-1-3-10(13)9-14-11-5-7-12(8-6-11)19(16,17)18;;;/h2*1-9,15H,(H,16,17,18);;;/q;;;;+2/p-2. The molecule has 0 aliphatic heterocycles. The minimum absolute atomic E-state index is 0.138. The molecule has 0 saturated carbocycles. The van der Waals surface area contributed by atoms with E-state index < -0.39 is 48.1 Å². The Morgan fingerprint density at radius 3 is 1.12 bits per heavy atom. The molecular formula is C26H20N2O10S2U. The summed E-state index contributed by atoms with van der Waals surface area (Å²) >= 11 is -2.51. The van der Waals surface area contributed by atoms with Gasteiger partial charge < -0.3 is 10.2 Å². The molecule has 0 radical (unpaired) electrons. The predicted molar refractivity (Wildman–Crippen MR) is 140 cm³/mol. The second-order valence-corrected chi connectivity index (χ2v) is 11.2. The number of benzene rings is 4. The summed E-state index contributed by atoms with van der Waals surface area (Å²) in [4.78, 5) is 7.72. The molecule has 210 valence electrons. The van der Waals surface area contributed by atoms with Crippen molar-refractivity contribution in [1.29, 1.82) is 0 Å². The summed E-state index contributed by atoms with van der Waals surface area (Å²) in [7, 11) is -8.39. The fourth-order valence-corrected chi connectivity index (χ4v) is 3.83. The van der Waals surface area contributed by atoms with Crippen molar-refractivity contribution in [2.45, 2.75) is 9.79 Å². The number of hydrogen-bond acceptors (Lipinski definition) is 10. The Labute approximate surface area is 250 Å². The summed E-state index contributed by atoms with van der Waals surface area (Å²) in [6, 6.07) is 23.6. The molecule has 0 aliphatic carbocycles. The second-order valence-electron chi connectivity index (χ2n) is 7.61. The predicted octanol–water partition coefficient (Wildman–Crippen LogP) is 3.28. The molecule has 12 nitrogen and oxygen atoms in total. The first-order valence-corrected chi connectivity index (χ1v) is 17.4. The van der Waals surface area contributed by atoms with E-state index in [0.717, 1.165) is 0 Å². The third-order valence-electron chi connectivity index (χ3n) is 4.81. The second kappa shape index (κ2) is 15.9. The minimum atomic E-state index is -4.20. The fourth-order valence-electron chi connectivity index (χ4n) is 2.87. The zero-order valence-corrected chi connectivity index (χ0v) is 26.6. The molecule has 0 amide bonds. The Bertz CT molecular complexity index is 1640. The summed E-state index contributed by atoms with van der Waals surface area (Å²) < 4.78 is 78.2. The molecular weight excluding hydrogens is 802 g/mol. The Hall–Kier alpha value is -3.71. The summed E-state index contributed by atoms with van der Waals surface area (Å²) in [6.07, 6.45) is 2.82. The van der Waals surface area contributed by atoms with Gasteiger partial charge in [0.15, 0.2) is 0 Å². The third-order valence-corrected chi connectivity index (χ3v) is 6.55. The average Bonchev–Trinajstić information content (AvgIpc) is 2.92. The van der Waals surface area contributed by atoms with Crippen LogP contribution in [-0.4, -0.2) is 38.4 Å². The molecule has 0 atom stereocenters. The van der Waals surface area contributed by atoms with E-state index in [-0.39, 0.29) is 21.3 Å². The van der Waals surface area contributed by atoms with Crippen LogP contribution in [0.3, 0.4) is 0 Å². The van der Waals surface area contributed by atoms with Gasteiger partial charge in [0.1, 0.15) is 0 Å². The molecule has 0 fully saturated rings. The van der Waals surface area contributed by atoms with Gasteiger partial charge in [-0.2, -0.15) is 16.8 Å². The van der Waals surface area contributed by atoms with Crippen LogP contribution in [0.2, 0.25) is 0 Å². The molecule has 0 aromatic heterocycles. The van der Waals surface area contributed by atoms with Crippen molar-refractivity contribution >= 4 is 44.0 Å². The zero-order valence-electron chi connectivity index (χ0n) is 20.8. The van der Waals surface area contributed by atoms with Crippen LogP contribution >= 0.6 is 0 Å². The molecule has 0 saturated heterocycles. The molecule has 4 aromatic rings. The van der Waals surface area contributed by atoms with E-state index in [1.807, 2.05) is 0 Å². The molecule has 4 aromatic carbocycles. The van der Waals surface area contributed by atoms with E-state index in [0.29, 0.717) is 22.5 Å². The van der Waals surface area contributed by atoms with Crippen molar-refractivity contribution in [1.82, 2.24) is 0 Å². The number of hydrogen-bond donors (Lipinski definition) is 2. The number of rotatable bonds is 6. The van der Waals surface area contributed by atoms with Crippen molar-refractivity contribution in [3.63, 3.8) is 0 Å². The first kappa shape index (κ1) is 33.5. The van der Waals surface area contributed by atoms with E-state index in [2.05, 4.69) is 9.98 Å². The van der Waals surface area contributed by atoms with Crippen molar-refractivity contribution in [2.75, 3.05) is 0 Å². The van der Waals surface area contributed by atoms with Gasteiger partial charge in [-0.3, -0.25) is 19.1 Å². The third kappa shape index (κ3) is 11.7. The first-order chi connectivity index (χ1) is 19.3. The molecule has 0 bridgehead atoms. The maximum absolute atomic E-state index is 11.4. The molecule has 0 unspecified atom stereocenters. The number of aliphatic imine (C=N–C) groups is 2. The van der Waals surface area contributed by atoms with Crippen molar-refractivity contribution in [3.05, 3.63) is 108 Å². The van der Waals surface area contributed by atoms with Gasteiger partial charge in [0.2, 0.25) is 0 Å². The van der Waals surface area contributed by atoms with Crippen molar-refractivity contribution in [3.8, 4) is 11.5 Å². The normalized spacial score (nSPS) is 11.2. The van der Waals surface area contributed by atoms with Gasteiger partial charge in [-0.25, -0.2) is 0 Å². The van der Waals surface area contributed by atoms with Crippen LogP contribution in [0.15, 0.2) is 117 Å². The van der Waals surface area contributed by atoms with Gasteiger partial charge in [-0.1, -0.05) is 48.5 Å². The maximum atomic E-state index is 11.4. The molecule has 0 heterocycles. The summed E-state index contributed by atoms with van der Waals surface area (Å²) in [6.45, 7) is 0. The van der Waals surface area contributed by atoms with Gasteiger partial charge in [-0.05, 0) is 59.7 Å². The average molecular weight is 823 g/mol. The van der Waals surface area contributed by atoms with Crippen LogP contribution in [0, 0.1) is 27.8 Å². The number of nitrogens with zero attached hydrogens (tertiary/aromatic N) is 2. The quantitative estimate of drug-likeness (QED) is 0.214. The van der Waals surface area contributed by atoms with Gasteiger partial charge in [0.05, 0.1) is 21.2 Å². The molecule has 15 heteroatoms. The SMILES string of the molecule is O=S(=O)(O)c1ccc(N=Cc2ccccc2[O-])cc1.O=S(=O)(O)c1ccc(N=Cc2ccccc2[O-])cc1.[O]=[U+2]=[O]. The van der Waals surface area contributed by atoms with Crippen LogP contribution in [-0.2, 0) is 24.7 Å². The van der Waals surface area contributed by atoms with E-state index in [4.69, 9.17) is 13.6 Å². The van der Waals surface area contributed by atoms with Crippen LogP contribution < -0.4 is 10.2 Å². The first-order valence-electron chi connectivity index (χ1n) is 11.1. The van der Waals surface area contributed by atoms with Crippen LogP contribution in [0.25, 0.3) is 0 Å². The van der Waals surface area contributed by atoms with Crippen molar-refractivity contribution < 1.29 is 68.4 Å². The summed E-state index contributed by atoms with van der Waals surface area (Å²) in [5.74, 6) is -0.276. The van der Waals surface area contributed by atoms with Crippen LogP contribution in [0.4, 0.5) is 11.4 Å². The molecule has 0 aliphatic rings. The monoisotopic (exact) mass is 822 g/mol. The van der Waals surface area contributed by atoms with Crippen molar-refractivity contribution in [2.24, 2.45) is 9.98 Å². The van der Waals surface area contributed by atoms with Gasteiger partial charge in [0, 0.05) is 12.4 Å². The molecule has 2 N–H and O–H groups in total. The summed E-state index contributed by atoms with van der Waals surface area (Å²) in [5.41, 5.74) is 1.86. The van der Waals surface area contributed by atoms with Gasteiger partial charge in [0.25, 0.3) is 20.2 Å². The van der Waals surface area contributed by atoms with Crippen LogP contribution in [0.1, 0.15) is 11.1 Å². The topological polar surface area (TPSA) is 214 Å². The Morgan fingerprint density at radius 2 is 0.854 bits per heavy atom. The van der Waals surface area contributed by atoms with E-state index in [9.17, 15) is 27.0 Å². The molecule has 41 heavy (non-hydrogen) atoms. The Kier molecular flexibility index (Phi) is 13.0. The number of para-hydroxylation sites is 2.